The molecule has 4 saturated carbocycles. The molecule has 0 spiro atoms. The zero-order valence-electron chi connectivity index (χ0n) is 35.4. The first-order valence-corrected chi connectivity index (χ1v) is 22.9. The van der Waals surface area contributed by atoms with E-state index >= 15 is 0 Å². The molecule has 0 aliphatic heterocycles. The van der Waals surface area contributed by atoms with Crippen molar-refractivity contribution in [1.82, 2.24) is 0 Å². The summed E-state index contributed by atoms with van der Waals surface area (Å²) in [6.45, 7) is 15.5. The monoisotopic (exact) mass is 727 g/mol. The Morgan fingerprint density at radius 1 is 0.660 bits per heavy atom. The van der Waals surface area contributed by atoms with Crippen LogP contribution in [0.25, 0.3) is 0 Å². The van der Waals surface area contributed by atoms with Crippen molar-refractivity contribution in [3.63, 3.8) is 0 Å². The van der Waals surface area contributed by atoms with Gasteiger partial charge in [0, 0.05) is 6.08 Å². The van der Waals surface area contributed by atoms with E-state index in [1.165, 1.54) is 128 Å². The van der Waals surface area contributed by atoms with Gasteiger partial charge >= 0.3 is 5.97 Å². The van der Waals surface area contributed by atoms with Crippen LogP contribution in [-0.2, 0) is 9.53 Å². The van der Waals surface area contributed by atoms with Gasteiger partial charge in [-0.2, -0.15) is 0 Å². The Bertz CT molecular complexity index is 1230. The van der Waals surface area contributed by atoms with Gasteiger partial charge in [0.2, 0.25) is 0 Å². The molecule has 53 heavy (non-hydrogen) atoms. The molecule has 0 amide bonds. The molecular formula is C51H82O2. The minimum absolute atomic E-state index is 0.240. The normalized spacial score (nSPS) is 31.7. The van der Waals surface area contributed by atoms with E-state index in [1.807, 2.05) is 36.5 Å². The Morgan fingerprint density at radius 2 is 1.32 bits per heavy atom. The van der Waals surface area contributed by atoms with Gasteiger partial charge in [0.15, 0.2) is 0 Å². The van der Waals surface area contributed by atoms with Crippen molar-refractivity contribution in [2.75, 3.05) is 6.61 Å². The van der Waals surface area contributed by atoms with Crippen LogP contribution in [-0.4, -0.2) is 12.6 Å². The van der Waals surface area contributed by atoms with Gasteiger partial charge in [0.05, 0.1) is 6.61 Å². The fourth-order valence-corrected chi connectivity index (χ4v) is 12.2. The molecule has 2 nitrogen and oxygen atoms in total. The second kappa shape index (κ2) is 23.1. The van der Waals surface area contributed by atoms with Crippen LogP contribution >= 0.6 is 0 Å². The highest BCUT2D eigenvalue weighted by Gasteiger charge is 2.60. The van der Waals surface area contributed by atoms with Crippen LogP contribution in [0.3, 0.4) is 0 Å². The zero-order chi connectivity index (χ0) is 37.9. The summed E-state index contributed by atoms with van der Waals surface area (Å²) in [5.41, 5.74) is 1.19. The predicted molar refractivity (Wildman–Crippen MR) is 230 cm³/mol. The van der Waals surface area contributed by atoms with Crippen LogP contribution in [0.5, 0.6) is 0 Å². The number of fused-ring (bicyclic) bond motifs is 5. The van der Waals surface area contributed by atoms with Crippen molar-refractivity contribution in [2.45, 2.75) is 176 Å². The summed E-state index contributed by atoms with van der Waals surface area (Å²) in [5.74, 6) is 6.63. The number of carbonyl (C=O) groups is 1. The SMILES string of the molecule is CCCCCCCCCC=CC=CC=CC=CC=CC=CC(=O)OCC[C@H](CC[C@@H](C)[C@H]1CC[C@H]2[C@@H]3CCC4CCCC[C@]4(C)[C@H]3CC[C@]12C)C(C)C. The number of esters is 1. The summed E-state index contributed by atoms with van der Waals surface area (Å²) >= 11 is 0. The smallest absolute Gasteiger partial charge is 0.330 e. The lowest BCUT2D eigenvalue weighted by Crippen LogP contribution is -2.53. The van der Waals surface area contributed by atoms with Crippen LogP contribution in [0, 0.1) is 58.2 Å². The fourth-order valence-electron chi connectivity index (χ4n) is 12.2. The molecular weight excluding hydrogens is 645 g/mol. The molecule has 0 aromatic rings. The fraction of sp³-hybridized carbons (Fsp3) is 0.745. The molecule has 0 aromatic carbocycles. The molecule has 4 aliphatic carbocycles. The molecule has 4 aliphatic rings. The van der Waals surface area contributed by atoms with Gasteiger partial charge in [0.25, 0.3) is 0 Å². The molecule has 0 radical (unpaired) electrons. The van der Waals surface area contributed by atoms with Crippen molar-refractivity contribution in [3.05, 3.63) is 72.9 Å². The number of unbranched alkanes of at least 4 members (excludes halogenated alkanes) is 7. The molecule has 0 heterocycles. The highest BCUT2D eigenvalue weighted by Crippen LogP contribution is 2.68. The number of ether oxygens (including phenoxy) is 1. The van der Waals surface area contributed by atoms with Crippen LogP contribution in [0.2, 0.25) is 0 Å². The summed E-state index contributed by atoms with van der Waals surface area (Å²) in [6.07, 6.45) is 52.9. The van der Waals surface area contributed by atoms with Crippen LogP contribution in [0.15, 0.2) is 72.9 Å². The lowest BCUT2D eigenvalue weighted by molar-refractivity contribution is -0.138. The highest BCUT2D eigenvalue weighted by molar-refractivity contribution is 5.82. The molecule has 9 atom stereocenters. The van der Waals surface area contributed by atoms with E-state index in [1.54, 1.807) is 12.2 Å². The average molecular weight is 727 g/mol. The van der Waals surface area contributed by atoms with Gasteiger partial charge in [0.1, 0.15) is 0 Å². The van der Waals surface area contributed by atoms with Crippen molar-refractivity contribution in [3.8, 4) is 0 Å². The first-order chi connectivity index (χ1) is 25.7. The maximum Gasteiger partial charge on any atom is 0.330 e. The maximum atomic E-state index is 12.4. The van der Waals surface area contributed by atoms with Crippen molar-refractivity contribution < 1.29 is 9.53 Å². The van der Waals surface area contributed by atoms with Crippen LogP contribution in [0.4, 0.5) is 0 Å². The molecule has 0 aromatic heterocycles. The van der Waals surface area contributed by atoms with Crippen molar-refractivity contribution in [1.29, 1.82) is 0 Å². The lowest BCUT2D eigenvalue weighted by Gasteiger charge is -2.61. The number of hydrogen-bond donors (Lipinski definition) is 0. The second-order valence-corrected chi connectivity index (χ2v) is 18.9. The lowest BCUT2D eigenvalue weighted by atomic mass is 9.44. The Morgan fingerprint density at radius 3 is 2.04 bits per heavy atom. The van der Waals surface area contributed by atoms with Gasteiger partial charge in [-0.3, -0.25) is 0 Å². The average Bonchev–Trinajstić information content (AvgIpc) is 3.50. The third-order valence-electron chi connectivity index (χ3n) is 15.4. The van der Waals surface area contributed by atoms with E-state index in [4.69, 9.17) is 4.74 Å². The topological polar surface area (TPSA) is 26.3 Å². The summed E-state index contributed by atoms with van der Waals surface area (Å²) < 4.78 is 5.65. The summed E-state index contributed by atoms with van der Waals surface area (Å²) in [5, 5.41) is 0. The maximum absolute atomic E-state index is 12.4. The number of allylic oxidation sites excluding steroid dienone is 11. The van der Waals surface area contributed by atoms with Crippen molar-refractivity contribution in [2.24, 2.45) is 58.2 Å². The van der Waals surface area contributed by atoms with Gasteiger partial charge < -0.3 is 4.74 Å². The Hall–Kier alpha value is -2.09. The van der Waals surface area contributed by atoms with Gasteiger partial charge in [-0.15, -0.1) is 0 Å². The Kier molecular flexibility index (Phi) is 19.0. The van der Waals surface area contributed by atoms with Crippen LogP contribution < -0.4 is 0 Å². The molecule has 298 valence electrons. The largest absolute Gasteiger partial charge is 0.463 e. The molecule has 4 fully saturated rings. The third kappa shape index (κ3) is 13.0. The van der Waals surface area contributed by atoms with E-state index in [2.05, 4.69) is 65.8 Å². The Balaban J connectivity index is 1.09. The predicted octanol–water partition coefficient (Wildman–Crippen LogP) is 15.1. The summed E-state index contributed by atoms with van der Waals surface area (Å²) in [7, 11) is 0. The third-order valence-corrected chi connectivity index (χ3v) is 15.4. The number of hydrogen-bond acceptors (Lipinski definition) is 2. The summed E-state index contributed by atoms with van der Waals surface area (Å²) in [6, 6.07) is 0. The molecule has 0 saturated heterocycles. The van der Waals surface area contributed by atoms with E-state index in [0.29, 0.717) is 29.3 Å². The minimum Gasteiger partial charge on any atom is -0.463 e. The van der Waals surface area contributed by atoms with E-state index in [9.17, 15) is 4.79 Å². The molecule has 4 rings (SSSR count). The van der Waals surface area contributed by atoms with E-state index in [0.717, 1.165) is 41.9 Å². The molecule has 1 unspecified atom stereocenters. The molecule has 2 heteroatoms. The highest BCUT2D eigenvalue weighted by atomic mass is 16.5. The van der Waals surface area contributed by atoms with Gasteiger partial charge in [-0.25, -0.2) is 4.79 Å². The second-order valence-electron chi connectivity index (χ2n) is 18.9. The molecule has 0 N–H and O–H groups in total. The van der Waals surface area contributed by atoms with Crippen LogP contribution in [0.1, 0.15) is 176 Å². The quantitative estimate of drug-likeness (QED) is 0.0480. The zero-order valence-corrected chi connectivity index (χ0v) is 35.4. The molecule has 0 bridgehead atoms. The van der Waals surface area contributed by atoms with E-state index in [-0.39, 0.29) is 5.97 Å². The van der Waals surface area contributed by atoms with Crippen molar-refractivity contribution >= 4 is 5.97 Å². The van der Waals surface area contributed by atoms with Gasteiger partial charge in [-0.1, -0.05) is 166 Å². The minimum atomic E-state index is -0.240. The standard InChI is InChI=1S/C51H82O2/c1-7-8-9-10-11-12-13-14-15-16-17-18-19-20-21-22-23-24-25-29-49(52)53-40-37-43(41(2)3)31-30-42(4)46-34-35-47-45-33-32-44-28-26-27-38-50(44,5)48(45)36-39-51(46,47)6/h15-25,29,41-48H,7-14,26-28,30-40H2,1-6H3/t42-,43+,44?,45+,46-,47+,48+,50+,51-/m1/s1. The number of carbonyl (C=O) groups excluding carboxylic acids is 1. The summed E-state index contributed by atoms with van der Waals surface area (Å²) in [4.78, 5) is 12.4. The van der Waals surface area contributed by atoms with E-state index < -0.39 is 0 Å². The number of rotatable bonds is 22. The van der Waals surface area contributed by atoms with Gasteiger partial charge in [-0.05, 0) is 135 Å². The first-order valence-electron chi connectivity index (χ1n) is 22.9. The Labute approximate surface area is 328 Å². The first kappa shape index (κ1) is 43.6.